The van der Waals surface area contributed by atoms with E-state index in [1.54, 1.807) is 0 Å². The van der Waals surface area contributed by atoms with Gasteiger partial charge in [0.15, 0.2) is 0 Å². The van der Waals surface area contributed by atoms with Crippen LogP contribution < -0.4 is 57.5 Å². The van der Waals surface area contributed by atoms with Gasteiger partial charge in [-0.25, -0.2) is 0 Å². The molecule has 0 fully saturated rings. The second kappa shape index (κ2) is 23.5. The Hall–Kier alpha value is 4.46. The Balaban J connectivity index is -0.0000000160. The minimum atomic E-state index is -5.61. The minimum Gasteiger partial charge on any atom is -0.894 e. The topological polar surface area (TPSA) is 277 Å². The third-order valence-corrected chi connectivity index (χ3v) is 0. The van der Waals surface area contributed by atoms with Crippen molar-refractivity contribution in [2.75, 3.05) is 0 Å². The average molecular weight is 566 g/mol. The summed E-state index contributed by atoms with van der Waals surface area (Å²) in [6.07, 6.45) is 0. The van der Waals surface area contributed by atoms with Crippen LogP contribution >= 0.6 is 0 Å². The first-order valence-corrected chi connectivity index (χ1v) is 7.35. The molecule has 0 spiro atoms. The maximum absolute atomic E-state index is 8.58. The second-order valence-electron chi connectivity index (χ2n) is 1.50. The molecule has 0 bridgehead atoms. The zero-order valence-corrected chi connectivity index (χ0v) is 24.9. The molecule has 0 saturated heterocycles. The van der Waals surface area contributed by atoms with Gasteiger partial charge in [-0.2, -0.15) is 0 Å². The van der Waals surface area contributed by atoms with Crippen LogP contribution in [0.25, 0.3) is 0 Å². The monoisotopic (exact) mass is 566 g/mol. The average Bonchev–Trinajstić information content (AvgIpc) is 1.41. The first-order chi connectivity index (χ1) is 6.00. The SMILES string of the molecule is [Ca+2].[Cd+2].[Mg+2].[O-][Si]([O-])([O-])[O-].[O-][Si]([O-])([O-])[O-].[O-][Si]([O-])([O-])[O-].[Ti+4].[Zn+2]. The number of hydrogen-bond acceptors (Lipinski definition) is 12. The van der Waals surface area contributed by atoms with E-state index in [0.717, 1.165) is 0 Å². The summed E-state index contributed by atoms with van der Waals surface area (Å²) in [5.41, 5.74) is 0. The Morgan fingerprint density at radius 2 is 0.450 bits per heavy atom. The largest absolute Gasteiger partial charge is 4.00 e. The molecule has 20 heavy (non-hydrogen) atoms. The third kappa shape index (κ3) is 521. The van der Waals surface area contributed by atoms with Gasteiger partial charge in [-0.3, -0.25) is 0 Å². The Kier molecular flexibility index (Phi) is 58.3. The van der Waals surface area contributed by atoms with Crippen LogP contribution in [0.1, 0.15) is 0 Å². The maximum atomic E-state index is 8.58. The third-order valence-electron chi connectivity index (χ3n) is 0. The number of rotatable bonds is 0. The van der Waals surface area contributed by atoms with Crippen LogP contribution in [-0.2, 0) is 68.5 Å². The summed E-state index contributed by atoms with van der Waals surface area (Å²) in [5, 5.41) is 0. The summed E-state index contributed by atoms with van der Waals surface area (Å²) in [6.45, 7) is 0. The van der Waals surface area contributed by atoms with Crippen molar-refractivity contribution in [2.45, 2.75) is 0 Å². The maximum Gasteiger partial charge on any atom is 4.00 e. The molecule has 0 atom stereocenters. The van der Waals surface area contributed by atoms with Crippen LogP contribution in [0.5, 0.6) is 0 Å². The fourth-order valence-electron chi connectivity index (χ4n) is 0. The van der Waals surface area contributed by atoms with Crippen molar-refractivity contribution in [3.63, 3.8) is 0 Å². The zero-order valence-electron chi connectivity index (χ0n) is 9.73. The van der Waals surface area contributed by atoms with Crippen molar-refractivity contribution in [3.05, 3.63) is 0 Å². The van der Waals surface area contributed by atoms with Gasteiger partial charge in [0.2, 0.25) is 0 Å². The molecule has 0 rings (SSSR count). The molecule has 0 heterocycles. The molecule has 0 amide bonds. The molecule has 20 heteroatoms. The van der Waals surface area contributed by atoms with Crippen LogP contribution in [-0.4, -0.2) is 87.9 Å². The van der Waals surface area contributed by atoms with Gasteiger partial charge in [-0.15, -0.1) is 0 Å². The van der Waals surface area contributed by atoms with Gasteiger partial charge >= 0.3 is 129 Å². The first-order valence-electron chi connectivity index (χ1n) is 2.45. The summed E-state index contributed by atoms with van der Waals surface area (Å²) >= 11 is 0. The Bertz CT molecular complexity index is 114. The van der Waals surface area contributed by atoms with E-state index in [-0.39, 0.29) is 129 Å². The summed E-state index contributed by atoms with van der Waals surface area (Å²) < 4.78 is 0. The van der Waals surface area contributed by atoms with Crippen molar-refractivity contribution in [2.24, 2.45) is 0 Å². The van der Waals surface area contributed by atoms with Crippen molar-refractivity contribution in [3.8, 4) is 0 Å². The Labute approximate surface area is 210 Å². The molecule has 96 valence electrons. The van der Waals surface area contributed by atoms with Crippen LogP contribution in [0.3, 0.4) is 0 Å². The van der Waals surface area contributed by atoms with Gasteiger partial charge in [-0.1, -0.05) is 0 Å². The molecule has 0 aromatic heterocycles. The summed E-state index contributed by atoms with van der Waals surface area (Å²) in [5.74, 6) is 0. The molecule has 0 N–H and O–H groups in total. The molecule has 0 aliphatic heterocycles. The van der Waals surface area contributed by atoms with E-state index in [1.807, 2.05) is 0 Å². The van der Waals surface area contributed by atoms with E-state index in [9.17, 15) is 0 Å². The smallest absolute Gasteiger partial charge is 0.894 e. The molecule has 0 saturated carbocycles. The molecular formula is CaCdMgO12Si3TiZn. The number of hydrogen-bond donors (Lipinski definition) is 0. The molecule has 0 radical (unpaired) electrons. The summed E-state index contributed by atoms with van der Waals surface area (Å²) in [7, 11) is -16.8. The van der Waals surface area contributed by atoms with E-state index < -0.39 is 27.1 Å². The van der Waals surface area contributed by atoms with Crippen molar-refractivity contribution in [1.29, 1.82) is 0 Å². The van der Waals surface area contributed by atoms with Gasteiger partial charge in [0.25, 0.3) is 0 Å². The van der Waals surface area contributed by atoms with Crippen molar-refractivity contribution in [1.82, 2.24) is 0 Å². The van der Waals surface area contributed by atoms with Gasteiger partial charge in [-0.05, 0) is 0 Å². The van der Waals surface area contributed by atoms with Crippen molar-refractivity contribution >= 4 is 87.9 Å². The van der Waals surface area contributed by atoms with Crippen LogP contribution in [0.2, 0.25) is 0 Å². The van der Waals surface area contributed by atoms with Gasteiger partial charge in [0, 0.05) is 0 Å². The van der Waals surface area contributed by atoms with Crippen LogP contribution in [0.15, 0.2) is 0 Å². The predicted molar refractivity (Wildman–Crippen MR) is 28.8 cm³/mol. The zero-order chi connectivity index (χ0) is 13.5. The minimum absolute atomic E-state index is 0. The van der Waals surface area contributed by atoms with Crippen molar-refractivity contribution < 1.29 is 126 Å². The molecule has 0 aromatic rings. The first kappa shape index (κ1) is 49.7. The fourth-order valence-corrected chi connectivity index (χ4v) is 0. The van der Waals surface area contributed by atoms with Crippen LogP contribution in [0.4, 0.5) is 0 Å². The van der Waals surface area contributed by atoms with E-state index in [2.05, 4.69) is 0 Å². The van der Waals surface area contributed by atoms with E-state index in [4.69, 9.17) is 57.5 Å². The quantitative estimate of drug-likeness (QED) is 0.247. The van der Waals surface area contributed by atoms with Crippen LogP contribution in [0, 0.1) is 0 Å². The normalized spacial score (nSPS) is 9.00. The molecule has 12 nitrogen and oxygen atoms in total. The van der Waals surface area contributed by atoms with E-state index >= 15 is 0 Å². The predicted octanol–water partition coefficient (Wildman–Crippen LogP) is -16.2. The molecular weight excluding hydrogens is 566 g/mol. The Morgan fingerprint density at radius 1 is 0.450 bits per heavy atom. The van der Waals surface area contributed by atoms with Gasteiger partial charge < -0.3 is 84.7 Å². The molecule has 0 aliphatic carbocycles. The van der Waals surface area contributed by atoms with Gasteiger partial charge in [0.1, 0.15) is 0 Å². The summed E-state index contributed by atoms with van der Waals surface area (Å²) in [6, 6.07) is 0. The molecule has 0 aromatic carbocycles. The van der Waals surface area contributed by atoms with E-state index in [1.165, 1.54) is 0 Å². The second-order valence-corrected chi connectivity index (χ2v) is 4.50. The summed E-state index contributed by atoms with van der Waals surface area (Å²) in [4.78, 5) is 103. The Morgan fingerprint density at radius 3 is 0.450 bits per heavy atom. The molecule has 0 aliphatic rings. The standard InChI is InChI=1S/Ca.Cd.Mg.3O4Si.Ti.Zn/c;;;3*1-5(2,3)4;;/q3*+2;3*-4;+4;+2. The fraction of sp³-hybridized carbons (Fsp3) is 0. The van der Waals surface area contributed by atoms with E-state index in [0.29, 0.717) is 0 Å². The van der Waals surface area contributed by atoms with Gasteiger partial charge in [0.05, 0.1) is 0 Å². The molecule has 0 unspecified atom stereocenters.